The monoisotopic (exact) mass is 400 g/mol. The number of thiophene rings is 1. The van der Waals surface area contributed by atoms with E-state index >= 15 is 0 Å². The Morgan fingerprint density at radius 3 is 2.86 bits per heavy atom. The van der Waals surface area contributed by atoms with E-state index in [1.54, 1.807) is 19.1 Å². The minimum Gasteiger partial charge on any atom is -0.872 e. The van der Waals surface area contributed by atoms with Crippen LogP contribution in [0.3, 0.4) is 0 Å². The number of quaternary nitrogens is 1. The first kappa shape index (κ1) is 19.1. The zero-order valence-electron chi connectivity index (χ0n) is 15.9. The topological polar surface area (TPSA) is 77.3 Å². The van der Waals surface area contributed by atoms with Gasteiger partial charge in [0.1, 0.15) is 12.3 Å². The van der Waals surface area contributed by atoms with Gasteiger partial charge in [-0.05, 0) is 23.9 Å². The fourth-order valence-corrected chi connectivity index (χ4v) is 4.54. The predicted molar refractivity (Wildman–Crippen MR) is 106 cm³/mol. The van der Waals surface area contributed by atoms with Crippen molar-refractivity contribution < 1.29 is 24.6 Å². The van der Waals surface area contributed by atoms with Crippen LogP contribution in [0.4, 0.5) is 0 Å². The molecular weight excluding hydrogens is 376 g/mol. The lowest BCUT2D eigenvalue weighted by molar-refractivity contribution is -0.918. The summed E-state index contributed by atoms with van der Waals surface area (Å²) in [6, 6.07) is 5.42. The predicted octanol–water partition coefficient (Wildman–Crippen LogP) is 0.439. The Bertz CT molecular complexity index is 900. The highest BCUT2D eigenvalue weighted by molar-refractivity contribution is 7.10. The van der Waals surface area contributed by atoms with E-state index < -0.39 is 0 Å². The van der Waals surface area contributed by atoms with Crippen molar-refractivity contribution in [2.75, 3.05) is 39.3 Å². The molecule has 1 aromatic heterocycles. The number of carbonyl (C=O) groups excluding carboxylic acids is 1. The van der Waals surface area contributed by atoms with Crippen LogP contribution >= 0.6 is 11.3 Å². The molecule has 2 aliphatic rings. The fraction of sp³-hybridized carbons (Fsp3) is 0.381. The lowest BCUT2D eigenvalue weighted by atomic mass is 9.99. The number of aliphatic hydroxyl groups excluding tert-OH is 1. The van der Waals surface area contributed by atoms with Gasteiger partial charge in [-0.25, -0.2) is 0 Å². The standard InChI is InChI=1S/C21H24N2O4S/c1-14-11-17(25)16(13-23-6-4-22(5-7-23)8-9-24)21-19(14)20(26)18(27-21)12-15-3-2-10-28-15/h2-3,10-12,24-25H,4-9,13H2,1H3. The van der Waals surface area contributed by atoms with E-state index in [9.17, 15) is 9.90 Å². The van der Waals surface area contributed by atoms with Crippen LogP contribution in [-0.4, -0.2) is 55.1 Å². The second-order valence-corrected chi connectivity index (χ2v) is 8.30. The molecule has 1 saturated heterocycles. The summed E-state index contributed by atoms with van der Waals surface area (Å²) in [7, 11) is 0. The second-order valence-electron chi connectivity index (χ2n) is 7.32. The van der Waals surface area contributed by atoms with E-state index in [4.69, 9.17) is 9.84 Å². The number of nitrogens with zero attached hydrogens (tertiary/aromatic N) is 1. The molecular formula is C21H24N2O4S. The molecule has 0 amide bonds. The number of ketones is 1. The first-order valence-electron chi connectivity index (χ1n) is 9.55. The van der Waals surface area contributed by atoms with Gasteiger partial charge < -0.3 is 19.8 Å². The number of aliphatic hydroxyl groups is 1. The number of fused-ring (bicyclic) bond motifs is 1. The number of hydrogen-bond acceptors (Lipinski definition) is 6. The molecule has 0 saturated carbocycles. The van der Waals surface area contributed by atoms with Gasteiger partial charge in [-0.3, -0.25) is 9.69 Å². The molecule has 148 valence electrons. The van der Waals surface area contributed by atoms with Crippen LogP contribution < -0.4 is 14.7 Å². The quantitative estimate of drug-likeness (QED) is 0.713. The third-order valence-electron chi connectivity index (χ3n) is 5.43. The first-order chi connectivity index (χ1) is 13.6. The Hall–Kier alpha value is -2.19. The molecule has 0 radical (unpaired) electrons. The zero-order chi connectivity index (χ0) is 19.7. The Labute approximate surface area is 168 Å². The Morgan fingerprint density at radius 1 is 1.39 bits per heavy atom. The smallest absolute Gasteiger partial charge is 0.232 e. The van der Waals surface area contributed by atoms with Gasteiger partial charge in [0, 0.05) is 36.2 Å². The van der Waals surface area contributed by atoms with E-state index in [1.807, 2.05) is 17.5 Å². The first-order valence-corrected chi connectivity index (χ1v) is 10.4. The summed E-state index contributed by atoms with van der Waals surface area (Å²) in [5.74, 6) is 0.523. The summed E-state index contributed by atoms with van der Waals surface area (Å²) in [5.41, 5.74) is 1.79. The van der Waals surface area contributed by atoms with E-state index in [0.29, 0.717) is 35.5 Å². The largest absolute Gasteiger partial charge is 0.872 e. The van der Waals surface area contributed by atoms with E-state index in [2.05, 4.69) is 4.90 Å². The molecule has 4 rings (SSSR count). The summed E-state index contributed by atoms with van der Waals surface area (Å²) in [4.78, 5) is 17.4. The number of hydrogen-bond donors (Lipinski definition) is 2. The molecule has 0 bridgehead atoms. The van der Waals surface area contributed by atoms with Crippen LogP contribution in [0.25, 0.3) is 6.08 Å². The van der Waals surface area contributed by atoms with Crippen LogP contribution in [0.1, 0.15) is 26.4 Å². The van der Waals surface area contributed by atoms with Gasteiger partial charge in [0.2, 0.25) is 5.78 Å². The molecule has 0 spiro atoms. The maximum Gasteiger partial charge on any atom is 0.232 e. The average Bonchev–Trinajstić information content (AvgIpc) is 3.29. The van der Waals surface area contributed by atoms with Crippen LogP contribution in [0.5, 0.6) is 11.5 Å². The summed E-state index contributed by atoms with van der Waals surface area (Å²) >= 11 is 1.54. The number of aryl methyl sites for hydroxylation is 1. The number of allylic oxidation sites excluding steroid dienone is 1. The molecule has 0 aliphatic carbocycles. The van der Waals surface area contributed by atoms with Crippen LogP contribution in [0, 0.1) is 6.92 Å². The minimum atomic E-state index is -0.148. The number of benzene rings is 1. The highest BCUT2D eigenvalue weighted by Crippen LogP contribution is 2.40. The van der Waals surface area contributed by atoms with Gasteiger partial charge in [-0.15, -0.1) is 11.3 Å². The van der Waals surface area contributed by atoms with E-state index in [1.165, 1.54) is 16.2 Å². The van der Waals surface area contributed by atoms with Crippen LogP contribution in [0.15, 0.2) is 29.3 Å². The van der Waals surface area contributed by atoms with Crippen LogP contribution in [-0.2, 0) is 6.54 Å². The summed E-state index contributed by atoms with van der Waals surface area (Å²) in [5, 5.41) is 23.7. The number of rotatable bonds is 5. The van der Waals surface area contributed by atoms with Crippen LogP contribution in [0.2, 0.25) is 0 Å². The fourth-order valence-electron chi connectivity index (χ4n) is 3.90. The molecule has 3 heterocycles. The molecule has 2 aromatic rings. The molecule has 2 N–H and O–H groups in total. The number of piperazine rings is 1. The van der Waals surface area contributed by atoms with E-state index in [-0.39, 0.29) is 23.9 Å². The Balaban J connectivity index is 1.59. The van der Waals surface area contributed by atoms with Gasteiger partial charge >= 0.3 is 0 Å². The molecule has 6 nitrogen and oxygen atoms in total. The number of ether oxygens (including phenoxy) is 1. The van der Waals surface area contributed by atoms with Crippen molar-refractivity contribution in [1.29, 1.82) is 0 Å². The third kappa shape index (κ3) is 3.71. The zero-order valence-corrected chi connectivity index (χ0v) is 16.7. The number of carbonyl (C=O) groups is 1. The Kier molecular flexibility index (Phi) is 5.50. The normalized spacial score (nSPS) is 19.2. The third-order valence-corrected chi connectivity index (χ3v) is 6.25. The highest BCUT2D eigenvalue weighted by Gasteiger charge is 2.33. The van der Waals surface area contributed by atoms with Crippen molar-refractivity contribution in [3.05, 3.63) is 50.9 Å². The molecule has 2 aliphatic heterocycles. The van der Waals surface area contributed by atoms with E-state index in [0.717, 1.165) is 31.1 Å². The van der Waals surface area contributed by atoms with Crippen molar-refractivity contribution in [3.8, 4) is 11.5 Å². The Morgan fingerprint density at radius 2 is 2.18 bits per heavy atom. The maximum atomic E-state index is 12.9. The van der Waals surface area contributed by atoms with Gasteiger partial charge in [0.15, 0.2) is 5.76 Å². The lowest BCUT2D eigenvalue weighted by Crippen LogP contribution is -3.13. The summed E-state index contributed by atoms with van der Waals surface area (Å²) in [6.45, 7) is 6.77. The number of Topliss-reactive ketones (excluding diaryl/α,β-unsaturated/α-hetero) is 1. The van der Waals surface area contributed by atoms with Crippen molar-refractivity contribution >= 4 is 23.2 Å². The van der Waals surface area contributed by atoms with Gasteiger partial charge in [0.05, 0.1) is 25.3 Å². The molecule has 0 atom stereocenters. The molecule has 1 aromatic carbocycles. The van der Waals surface area contributed by atoms with Gasteiger partial charge in [-0.2, -0.15) is 0 Å². The van der Waals surface area contributed by atoms with Gasteiger partial charge in [0.25, 0.3) is 0 Å². The minimum absolute atomic E-state index is 0.0632. The molecule has 0 unspecified atom stereocenters. The average molecular weight is 401 g/mol. The van der Waals surface area contributed by atoms with Crippen molar-refractivity contribution in [3.63, 3.8) is 0 Å². The van der Waals surface area contributed by atoms with Gasteiger partial charge in [-0.1, -0.05) is 17.9 Å². The maximum absolute atomic E-state index is 12.9. The number of β-amino-alcohol motifs (C(OH)–C–C–N with tert-alkyl or cyclic N) is 1. The SMILES string of the molecule is Cc1cc([O-])c(C[NH+]2CCN(CCO)CC2)c2c1C(=O)C(=Cc1cccs1)O2. The highest BCUT2D eigenvalue weighted by atomic mass is 32.1. The molecule has 7 heteroatoms. The summed E-state index contributed by atoms with van der Waals surface area (Å²) < 4.78 is 5.95. The summed E-state index contributed by atoms with van der Waals surface area (Å²) in [6.07, 6.45) is 1.75. The van der Waals surface area contributed by atoms with Crippen molar-refractivity contribution in [2.24, 2.45) is 0 Å². The number of nitrogens with one attached hydrogen (secondary N) is 1. The lowest BCUT2D eigenvalue weighted by Gasteiger charge is -2.32. The van der Waals surface area contributed by atoms with Crippen molar-refractivity contribution in [2.45, 2.75) is 13.5 Å². The molecule has 28 heavy (non-hydrogen) atoms. The van der Waals surface area contributed by atoms with Crippen molar-refractivity contribution in [1.82, 2.24) is 4.90 Å². The molecule has 1 fully saturated rings. The second kappa shape index (κ2) is 8.05.